The lowest BCUT2D eigenvalue weighted by Gasteiger charge is -2.36. The van der Waals surface area contributed by atoms with Crippen molar-refractivity contribution in [3.8, 4) is 0 Å². The summed E-state index contributed by atoms with van der Waals surface area (Å²) in [7, 11) is 0. The van der Waals surface area contributed by atoms with Gasteiger partial charge in [0, 0.05) is 236 Å². The van der Waals surface area contributed by atoms with Crippen molar-refractivity contribution in [1.82, 2.24) is 58.8 Å². The molecule has 0 atom stereocenters. The molecule has 0 unspecified atom stereocenters. The van der Waals surface area contributed by atoms with E-state index in [0.29, 0.717) is 78.5 Å². The molecule has 1 saturated heterocycles. The Bertz CT molecular complexity index is 1280. The van der Waals surface area contributed by atoms with E-state index in [1.54, 1.807) is 29.4 Å². The van der Waals surface area contributed by atoms with Gasteiger partial charge in [0.15, 0.2) is 0 Å². The zero-order valence-corrected chi connectivity index (χ0v) is 47.4. The second-order valence-corrected chi connectivity index (χ2v) is 19.4. The summed E-state index contributed by atoms with van der Waals surface area (Å²) < 4.78 is 0. The van der Waals surface area contributed by atoms with Gasteiger partial charge in [-0.25, -0.2) is 0 Å². The predicted molar refractivity (Wildman–Crippen MR) is 307 cm³/mol. The number of carbonyl (C=O) groups is 6. The van der Waals surface area contributed by atoms with Gasteiger partial charge in [-0.05, 0) is 0 Å². The maximum Gasteiger partial charge on any atom is 0.236 e. The van der Waals surface area contributed by atoms with Crippen LogP contribution in [-0.2, 0) is 28.8 Å². The number of carbonyl (C=O) groups excluding carboxylic acids is 6. The van der Waals surface area contributed by atoms with E-state index in [4.69, 9.17) is 68.8 Å². The normalized spacial score (nSPS) is 15.2. The van der Waals surface area contributed by atoms with Gasteiger partial charge in [0.1, 0.15) is 0 Å². The zero-order chi connectivity index (χ0) is 58.1. The molecule has 78 heavy (non-hydrogen) atoms. The van der Waals surface area contributed by atoms with Gasteiger partial charge in [-0.1, -0.05) is 0 Å². The summed E-state index contributed by atoms with van der Waals surface area (Å²) in [6, 6.07) is 0. The van der Waals surface area contributed by atoms with Crippen LogP contribution in [-0.4, -0.2) is 369 Å². The van der Waals surface area contributed by atoms with Crippen LogP contribution in [0.5, 0.6) is 0 Å². The molecule has 0 aliphatic carbocycles. The van der Waals surface area contributed by atoms with Crippen molar-refractivity contribution in [2.24, 2.45) is 68.8 Å². The summed E-state index contributed by atoms with van der Waals surface area (Å²) in [5.41, 5.74) is 71.6. The first kappa shape index (κ1) is 72.1. The molecule has 30 heteroatoms. The zero-order valence-electron chi connectivity index (χ0n) is 47.4. The van der Waals surface area contributed by atoms with Crippen LogP contribution < -0.4 is 68.8 Å². The van der Waals surface area contributed by atoms with Crippen molar-refractivity contribution >= 4 is 35.4 Å². The largest absolute Gasteiger partial charge is 0.338 e. The minimum atomic E-state index is -0.276. The van der Waals surface area contributed by atoms with Crippen LogP contribution in [0.1, 0.15) is 0 Å². The van der Waals surface area contributed by atoms with Crippen molar-refractivity contribution in [3.05, 3.63) is 0 Å². The van der Waals surface area contributed by atoms with E-state index in [1.165, 1.54) is 0 Å². The van der Waals surface area contributed by atoms with Gasteiger partial charge in [-0.15, -0.1) is 0 Å². The molecule has 24 N–H and O–H groups in total. The number of amides is 6. The van der Waals surface area contributed by atoms with Crippen LogP contribution >= 0.6 is 0 Å². The van der Waals surface area contributed by atoms with Gasteiger partial charge in [-0.3, -0.25) is 58.2 Å². The van der Waals surface area contributed by atoms with Crippen LogP contribution in [0, 0.1) is 0 Å². The summed E-state index contributed by atoms with van der Waals surface area (Å²) in [4.78, 5) is 108. The average molecular weight is 1120 g/mol. The Balaban J connectivity index is 4.26. The topological polar surface area (TPSA) is 454 Å². The smallest absolute Gasteiger partial charge is 0.236 e. The molecule has 0 radical (unpaired) electrons. The Morgan fingerprint density at radius 3 is 0.372 bits per heavy atom. The Kier molecular flexibility index (Phi) is 41.4. The van der Waals surface area contributed by atoms with E-state index in [-0.39, 0.29) is 232 Å². The SMILES string of the molecule is NCCN(CCN)CC(=O)N1CCN(C(=O)CN(CCN)CCN)CCN(C(=O)CN(CCN)CCN)CCN(C(=O)CN(CCN)CCN)CCN(C(=O)CN(CCN)CCN)CCN(C(=O)CN(CCN)CCN)CC1. The van der Waals surface area contributed by atoms with E-state index in [0.717, 1.165) is 0 Å². The van der Waals surface area contributed by atoms with Gasteiger partial charge < -0.3 is 98.2 Å². The first-order chi connectivity index (χ1) is 37.6. The minimum Gasteiger partial charge on any atom is -0.338 e. The molecule has 1 aliphatic rings. The lowest BCUT2D eigenvalue weighted by molar-refractivity contribution is -0.140. The van der Waals surface area contributed by atoms with Gasteiger partial charge in [0.05, 0.1) is 39.3 Å². The molecule has 0 aromatic carbocycles. The average Bonchev–Trinajstić information content (AvgIpc) is 3.39. The summed E-state index contributed by atoms with van der Waals surface area (Å²) >= 11 is 0. The van der Waals surface area contributed by atoms with Crippen molar-refractivity contribution in [1.29, 1.82) is 0 Å². The first-order valence-electron chi connectivity index (χ1n) is 28.1. The van der Waals surface area contributed by atoms with Gasteiger partial charge in [0.2, 0.25) is 35.4 Å². The van der Waals surface area contributed by atoms with Crippen molar-refractivity contribution in [3.63, 3.8) is 0 Å². The molecule has 1 heterocycles. The second-order valence-electron chi connectivity index (χ2n) is 19.4. The van der Waals surface area contributed by atoms with Gasteiger partial charge >= 0.3 is 0 Å². The van der Waals surface area contributed by atoms with E-state index < -0.39 is 0 Å². The molecule has 0 aromatic rings. The van der Waals surface area contributed by atoms with Crippen LogP contribution in [0.3, 0.4) is 0 Å². The number of nitrogens with two attached hydrogens (primary N) is 12. The Hall–Kier alpha value is -3.90. The maximum atomic E-state index is 14.6. The van der Waals surface area contributed by atoms with Crippen LogP contribution in [0.15, 0.2) is 0 Å². The molecule has 0 spiro atoms. The molecular weight excluding hydrogens is 1010 g/mol. The fourth-order valence-electron chi connectivity index (χ4n) is 9.17. The lowest BCUT2D eigenvalue weighted by atomic mass is 10.2. The third-order valence-corrected chi connectivity index (χ3v) is 13.5. The standard InChI is InChI=1S/C48H108N24O6/c49-1-13-61(14-2-50)37-43(73)67-25-27-68(44(74)38-62(15-3-51)16-4-52)29-31-70(46(76)40-64(19-7-55)20-8-56)33-35-72(48(78)42-66(23-11-59)24-12-60)36-34-71(47(77)41-65(21-9-57)22-10-58)32-30-69(28-26-67)45(75)39-63(17-5-53)18-6-54/h1-42,49-60H2. The highest BCUT2D eigenvalue weighted by Crippen LogP contribution is 2.08. The van der Waals surface area contributed by atoms with Crippen molar-refractivity contribution in [2.45, 2.75) is 0 Å². The summed E-state index contributed by atoms with van der Waals surface area (Å²) in [6.45, 7) is 8.66. The summed E-state index contributed by atoms with van der Waals surface area (Å²) in [5.74, 6) is -1.66. The summed E-state index contributed by atoms with van der Waals surface area (Å²) in [5, 5.41) is 0. The first-order valence-corrected chi connectivity index (χ1v) is 28.1. The Labute approximate surface area is 465 Å². The molecule has 0 bridgehead atoms. The number of hydrogen-bond acceptors (Lipinski definition) is 24. The quantitative estimate of drug-likeness (QED) is 0.0277. The molecule has 456 valence electrons. The highest BCUT2D eigenvalue weighted by atomic mass is 16.2. The Morgan fingerprint density at radius 1 is 0.205 bits per heavy atom. The molecule has 0 aromatic heterocycles. The van der Waals surface area contributed by atoms with E-state index in [1.807, 2.05) is 29.4 Å². The molecule has 1 fully saturated rings. The van der Waals surface area contributed by atoms with Crippen molar-refractivity contribution in [2.75, 3.05) is 275 Å². The fourth-order valence-corrected chi connectivity index (χ4v) is 9.17. The Morgan fingerprint density at radius 2 is 0.295 bits per heavy atom. The van der Waals surface area contributed by atoms with Gasteiger partial charge in [0.25, 0.3) is 0 Å². The monoisotopic (exact) mass is 1120 g/mol. The van der Waals surface area contributed by atoms with Crippen LogP contribution in [0.4, 0.5) is 0 Å². The second kappa shape index (κ2) is 44.8. The molecule has 6 amide bonds. The number of hydrogen-bond donors (Lipinski definition) is 12. The van der Waals surface area contributed by atoms with Crippen LogP contribution in [0.2, 0.25) is 0 Å². The molecule has 30 nitrogen and oxygen atoms in total. The van der Waals surface area contributed by atoms with E-state index >= 15 is 0 Å². The third kappa shape index (κ3) is 30.1. The maximum absolute atomic E-state index is 14.6. The molecular formula is C48H108N24O6. The predicted octanol–water partition coefficient (Wildman–Crippen LogP) is -11.7. The molecule has 0 saturated carbocycles. The van der Waals surface area contributed by atoms with E-state index in [2.05, 4.69) is 0 Å². The number of rotatable bonds is 36. The lowest BCUT2D eigenvalue weighted by Crippen LogP contribution is -2.54. The minimum absolute atomic E-state index is 0.0297. The highest BCUT2D eigenvalue weighted by molar-refractivity contribution is 5.82. The number of nitrogens with zero attached hydrogens (tertiary/aromatic N) is 12. The van der Waals surface area contributed by atoms with Gasteiger partial charge in [-0.2, -0.15) is 0 Å². The summed E-state index contributed by atoms with van der Waals surface area (Å²) in [6.07, 6.45) is 0. The highest BCUT2D eigenvalue weighted by Gasteiger charge is 2.29. The van der Waals surface area contributed by atoms with Crippen LogP contribution in [0.25, 0.3) is 0 Å². The third-order valence-electron chi connectivity index (χ3n) is 13.5. The fraction of sp³-hybridized carbons (Fsp3) is 0.875. The van der Waals surface area contributed by atoms with E-state index in [9.17, 15) is 28.8 Å². The molecule has 1 aliphatic heterocycles. The van der Waals surface area contributed by atoms with Crippen molar-refractivity contribution < 1.29 is 28.8 Å². The molecule has 1 rings (SSSR count).